The van der Waals surface area contributed by atoms with Gasteiger partial charge in [-0.3, -0.25) is 4.79 Å². The van der Waals surface area contributed by atoms with E-state index >= 15 is 0 Å². The molecule has 1 fully saturated rings. The first kappa shape index (κ1) is 15.3. The number of halogens is 2. The van der Waals surface area contributed by atoms with Gasteiger partial charge in [-0.1, -0.05) is 25.4 Å². The zero-order valence-electron chi connectivity index (χ0n) is 11.9. The molecule has 0 radical (unpaired) electrons. The van der Waals surface area contributed by atoms with Crippen molar-refractivity contribution in [2.75, 3.05) is 25.0 Å². The van der Waals surface area contributed by atoms with Crippen LogP contribution < -0.4 is 10.2 Å². The van der Waals surface area contributed by atoms with Gasteiger partial charge < -0.3 is 10.2 Å². The Morgan fingerprint density at radius 3 is 2.65 bits per heavy atom. The highest BCUT2D eigenvalue weighted by molar-refractivity contribution is 6.33. The number of anilines is 1. The first-order chi connectivity index (χ1) is 9.44. The van der Waals surface area contributed by atoms with Crippen molar-refractivity contribution in [3.8, 4) is 0 Å². The summed E-state index contributed by atoms with van der Waals surface area (Å²) in [4.78, 5) is 13.3. The van der Waals surface area contributed by atoms with Crippen molar-refractivity contribution in [1.29, 1.82) is 0 Å². The van der Waals surface area contributed by atoms with E-state index in [0.717, 1.165) is 13.1 Å². The highest BCUT2D eigenvalue weighted by Gasteiger charge is 2.26. The molecule has 1 amide bonds. The zero-order valence-corrected chi connectivity index (χ0v) is 12.6. The summed E-state index contributed by atoms with van der Waals surface area (Å²) >= 11 is 5.90. The number of hydrogen-bond acceptors (Lipinski definition) is 1. The number of quaternary nitrogens is 1. The zero-order chi connectivity index (χ0) is 14.7. The van der Waals surface area contributed by atoms with Crippen molar-refractivity contribution >= 4 is 23.2 Å². The topological polar surface area (TPSA) is 33.5 Å². The molecule has 1 aromatic rings. The molecule has 0 aliphatic carbocycles. The van der Waals surface area contributed by atoms with Crippen LogP contribution in [0.25, 0.3) is 0 Å². The number of piperidine rings is 1. The Morgan fingerprint density at radius 1 is 1.40 bits per heavy atom. The monoisotopic (exact) mass is 299 g/mol. The Hall–Kier alpha value is -1.13. The third-order valence-electron chi connectivity index (χ3n) is 3.69. The Kier molecular flexibility index (Phi) is 5.00. The van der Waals surface area contributed by atoms with Gasteiger partial charge in [0.2, 0.25) is 0 Å². The average molecular weight is 300 g/mol. The maximum Gasteiger partial charge on any atom is 0.279 e. The third kappa shape index (κ3) is 4.18. The fraction of sp³-hybridized carbons (Fsp3) is 0.533. The number of amides is 1. The lowest BCUT2D eigenvalue weighted by Crippen LogP contribution is -3.15. The third-order valence-corrected chi connectivity index (χ3v) is 4.01. The minimum atomic E-state index is -0.405. The SMILES string of the molecule is C[C@@H]1C[C@@H](C)C[NH+](CC(=O)Nc2ccc(F)cc2Cl)C1. The Morgan fingerprint density at radius 2 is 2.05 bits per heavy atom. The van der Waals surface area contributed by atoms with Crippen LogP contribution in [0, 0.1) is 17.7 Å². The van der Waals surface area contributed by atoms with Crippen LogP contribution in [0.15, 0.2) is 18.2 Å². The summed E-state index contributed by atoms with van der Waals surface area (Å²) in [7, 11) is 0. The highest BCUT2D eigenvalue weighted by atomic mass is 35.5. The van der Waals surface area contributed by atoms with Crippen molar-refractivity contribution in [2.45, 2.75) is 20.3 Å². The Labute approximate surface area is 124 Å². The number of carbonyl (C=O) groups is 1. The van der Waals surface area contributed by atoms with Crippen molar-refractivity contribution in [2.24, 2.45) is 11.8 Å². The van der Waals surface area contributed by atoms with Crippen LogP contribution in [0.5, 0.6) is 0 Å². The molecule has 1 aliphatic rings. The molecule has 110 valence electrons. The van der Waals surface area contributed by atoms with E-state index in [0.29, 0.717) is 24.1 Å². The van der Waals surface area contributed by atoms with E-state index in [9.17, 15) is 9.18 Å². The molecular formula is C15H21ClFN2O+. The molecule has 0 aromatic heterocycles. The first-order valence-corrected chi connectivity index (χ1v) is 7.40. The van der Waals surface area contributed by atoms with E-state index in [2.05, 4.69) is 19.2 Å². The van der Waals surface area contributed by atoms with Gasteiger partial charge in [0.15, 0.2) is 6.54 Å². The lowest BCUT2D eigenvalue weighted by Gasteiger charge is -2.31. The molecule has 1 saturated heterocycles. The largest absolute Gasteiger partial charge is 0.327 e. The summed E-state index contributed by atoms with van der Waals surface area (Å²) in [5.74, 6) is 0.819. The minimum absolute atomic E-state index is 0.0743. The molecule has 0 saturated carbocycles. The van der Waals surface area contributed by atoms with Gasteiger partial charge in [-0.05, 0) is 24.6 Å². The van der Waals surface area contributed by atoms with Gasteiger partial charge in [0, 0.05) is 11.8 Å². The van der Waals surface area contributed by atoms with Gasteiger partial charge >= 0.3 is 0 Å². The van der Waals surface area contributed by atoms with Gasteiger partial charge in [-0.25, -0.2) is 4.39 Å². The molecule has 3 nitrogen and oxygen atoms in total. The molecule has 1 heterocycles. The van der Waals surface area contributed by atoms with Crippen molar-refractivity contribution in [3.63, 3.8) is 0 Å². The van der Waals surface area contributed by atoms with Crippen molar-refractivity contribution in [1.82, 2.24) is 0 Å². The van der Waals surface area contributed by atoms with E-state index in [1.165, 1.54) is 29.5 Å². The fourth-order valence-electron chi connectivity index (χ4n) is 3.08. The molecule has 0 bridgehead atoms. The summed E-state index contributed by atoms with van der Waals surface area (Å²) in [6.07, 6.45) is 1.23. The van der Waals surface area contributed by atoms with E-state index in [1.807, 2.05) is 0 Å². The van der Waals surface area contributed by atoms with E-state index in [-0.39, 0.29) is 10.9 Å². The molecule has 2 atom stereocenters. The fourth-order valence-corrected chi connectivity index (χ4v) is 3.29. The van der Waals surface area contributed by atoms with E-state index in [4.69, 9.17) is 11.6 Å². The number of carbonyl (C=O) groups excluding carboxylic acids is 1. The quantitative estimate of drug-likeness (QED) is 0.879. The van der Waals surface area contributed by atoms with Crippen LogP contribution in [0.1, 0.15) is 20.3 Å². The predicted molar refractivity (Wildman–Crippen MR) is 78.5 cm³/mol. The van der Waals surface area contributed by atoms with Crippen molar-refractivity contribution in [3.05, 3.63) is 29.0 Å². The number of rotatable bonds is 3. The summed E-state index contributed by atoms with van der Waals surface area (Å²) in [6.45, 7) is 6.93. The van der Waals surface area contributed by atoms with Gasteiger partial charge in [-0.2, -0.15) is 0 Å². The Bertz CT molecular complexity index is 485. The van der Waals surface area contributed by atoms with Crippen LogP contribution in [-0.4, -0.2) is 25.5 Å². The van der Waals surface area contributed by atoms with Gasteiger partial charge in [0.1, 0.15) is 5.82 Å². The molecule has 20 heavy (non-hydrogen) atoms. The maximum absolute atomic E-state index is 12.9. The summed E-state index contributed by atoms with van der Waals surface area (Å²) in [5, 5.41) is 2.99. The van der Waals surface area contributed by atoms with Crippen LogP contribution in [-0.2, 0) is 4.79 Å². The maximum atomic E-state index is 12.9. The van der Waals surface area contributed by atoms with Crippen LogP contribution in [0.2, 0.25) is 5.02 Å². The second kappa shape index (κ2) is 6.55. The number of hydrogen-bond donors (Lipinski definition) is 2. The lowest BCUT2D eigenvalue weighted by atomic mass is 9.92. The lowest BCUT2D eigenvalue weighted by molar-refractivity contribution is -0.904. The summed E-state index contributed by atoms with van der Waals surface area (Å²) < 4.78 is 12.9. The average Bonchev–Trinajstić information content (AvgIpc) is 2.31. The molecule has 2 rings (SSSR count). The van der Waals surface area contributed by atoms with Crippen LogP contribution >= 0.6 is 11.6 Å². The van der Waals surface area contributed by atoms with E-state index < -0.39 is 5.82 Å². The van der Waals surface area contributed by atoms with E-state index in [1.54, 1.807) is 0 Å². The molecule has 2 N–H and O–H groups in total. The molecular weight excluding hydrogens is 279 g/mol. The molecule has 5 heteroatoms. The van der Waals surface area contributed by atoms with Gasteiger partial charge in [-0.15, -0.1) is 0 Å². The van der Waals surface area contributed by atoms with Crippen molar-refractivity contribution < 1.29 is 14.1 Å². The first-order valence-electron chi connectivity index (χ1n) is 7.02. The number of nitrogens with one attached hydrogen (secondary N) is 2. The number of benzene rings is 1. The standard InChI is InChI=1S/C15H20ClFN2O/c1-10-5-11(2)8-19(7-10)9-15(20)18-14-4-3-12(17)6-13(14)16/h3-4,6,10-11H,5,7-9H2,1-2H3,(H,18,20)/p+1/t10-,11-/m1/s1. The molecule has 0 unspecified atom stereocenters. The van der Waals surface area contributed by atoms with Crippen LogP contribution in [0.4, 0.5) is 10.1 Å². The van der Waals surface area contributed by atoms with Gasteiger partial charge in [0.25, 0.3) is 5.91 Å². The summed E-state index contributed by atoms with van der Waals surface area (Å²) in [5.41, 5.74) is 0.468. The molecule has 1 aromatic carbocycles. The second-order valence-electron chi connectivity index (χ2n) is 5.95. The molecule has 0 spiro atoms. The number of likely N-dealkylation sites (tertiary alicyclic amines) is 1. The summed E-state index contributed by atoms with van der Waals surface area (Å²) in [6, 6.07) is 3.99. The smallest absolute Gasteiger partial charge is 0.279 e. The van der Waals surface area contributed by atoms with Gasteiger partial charge in [0.05, 0.1) is 23.8 Å². The van der Waals surface area contributed by atoms with Crippen LogP contribution in [0.3, 0.4) is 0 Å². The molecule has 1 aliphatic heterocycles. The Balaban J connectivity index is 1.92. The highest BCUT2D eigenvalue weighted by Crippen LogP contribution is 2.22. The second-order valence-corrected chi connectivity index (χ2v) is 6.36. The normalized spacial score (nSPS) is 26.3. The predicted octanol–water partition coefficient (Wildman–Crippen LogP) is 1.98. The minimum Gasteiger partial charge on any atom is -0.327 e.